The summed E-state index contributed by atoms with van der Waals surface area (Å²) in [6, 6.07) is 4.89. The molecule has 0 aromatic carbocycles. The predicted molar refractivity (Wildman–Crippen MR) is 105 cm³/mol. The number of imidazole rings is 1. The Hall–Kier alpha value is -3.25. The Bertz CT molecular complexity index is 1050. The molecule has 9 nitrogen and oxygen atoms in total. The monoisotopic (exact) mass is 390 g/mol. The molecule has 9 heteroatoms. The first-order chi connectivity index (χ1) is 14.2. The first kappa shape index (κ1) is 17.8. The van der Waals surface area contributed by atoms with Crippen LogP contribution in [0.3, 0.4) is 0 Å². The summed E-state index contributed by atoms with van der Waals surface area (Å²) in [6.07, 6.45) is 10.8. The fourth-order valence-corrected chi connectivity index (χ4v) is 4.36. The SMILES string of the molecule is N#CC1CN([C@H]2CC[C@H](NC(=O)c3nc(-n4ccnc4)cc4cn[nH]c34)CC2)C1. The molecule has 0 unspecified atom stereocenters. The average molecular weight is 390 g/mol. The molecule has 1 amide bonds. The molecule has 2 aliphatic rings. The Kier molecular flexibility index (Phi) is 4.48. The number of nitriles is 1. The van der Waals surface area contributed by atoms with E-state index >= 15 is 0 Å². The molecule has 1 aliphatic heterocycles. The van der Waals surface area contributed by atoms with E-state index in [9.17, 15) is 4.79 Å². The van der Waals surface area contributed by atoms with Gasteiger partial charge < -0.3 is 5.32 Å². The van der Waals surface area contributed by atoms with Crippen molar-refractivity contribution >= 4 is 16.8 Å². The summed E-state index contributed by atoms with van der Waals surface area (Å²) in [4.78, 5) is 24.0. The minimum atomic E-state index is -0.182. The molecule has 2 fully saturated rings. The molecule has 3 aromatic rings. The van der Waals surface area contributed by atoms with Crippen LogP contribution in [0.15, 0.2) is 31.0 Å². The highest BCUT2D eigenvalue weighted by Gasteiger charge is 2.34. The Morgan fingerprint density at radius 1 is 1.28 bits per heavy atom. The first-order valence-corrected chi connectivity index (χ1v) is 9.98. The highest BCUT2D eigenvalue weighted by Crippen LogP contribution is 2.29. The fourth-order valence-electron chi connectivity index (χ4n) is 4.36. The van der Waals surface area contributed by atoms with Crippen LogP contribution in [0.25, 0.3) is 16.7 Å². The third kappa shape index (κ3) is 3.36. The lowest BCUT2D eigenvalue weighted by atomic mass is 9.87. The van der Waals surface area contributed by atoms with Crippen molar-refractivity contribution in [1.29, 1.82) is 5.26 Å². The van der Waals surface area contributed by atoms with Crippen molar-refractivity contribution in [3.05, 3.63) is 36.7 Å². The molecule has 29 heavy (non-hydrogen) atoms. The highest BCUT2D eigenvalue weighted by atomic mass is 16.2. The number of aromatic nitrogens is 5. The summed E-state index contributed by atoms with van der Waals surface area (Å²) in [5, 5.41) is 19.9. The van der Waals surface area contributed by atoms with Crippen molar-refractivity contribution in [2.24, 2.45) is 5.92 Å². The number of nitrogens with zero attached hydrogens (tertiary/aromatic N) is 6. The molecule has 5 rings (SSSR count). The topological polar surface area (TPSA) is 116 Å². The maximum absolute atomic E-state index is 13.0. The molecule has 2 N–H and O–H groups in total. The van der Waals surface area contributed by atoms with Crippen LogP contribution in [0.1, 0.15) is 36.2 Å². The van der Waals surface area contributed by atoms with Gasteiger partial charge in [-0.2, -0.15) is 10.4 Å². The zero-order valence-corrected chi connectivity index (χ0v) is 16.0. The number of hydrogen-bond donors (Lipinski definition) is 2. The van der Waals surface area contributed by atoms with E-state index < -0.39 is 0 Å². The van der Waals surface area contributed by atoms with Gasteiger partial charge in [0.2, 0.25) is 0 Å². The first-order valence-electron chi connectivity index (χ1n) is 9.98. The molecule has 1 saturated heterocycles. The molecule has 1 aliphatic carbocycles. The zero-order valence-electron chi connectivity index (χ0n) is 16.0. The van der Waals surface area contributed by atoms with E-state index in [2.05, 4.69) is 36.5 Å². The van der Waals surface area contributed by atoms with Gasteiger partial charge in [0, 0.05) is 43.0 Å². The number of rotatable bonds is 4. The zero-order chi connectivity index (χ0) is 19.8. The standard InChI is InChI=1S/C20H22N8O/c21-8-13-10-28(11-13)16-3-1-15(2-4-16)24-20(29)19-18-14(9-23-26-18)7-17(25-19)27-6-5-22-12-27/h5-7,9,12-13,15-16H,1-4,10-11H2,(H,23,26)(H,24,29)/t15-,16-. The van der Waals surface area contributed by atoms with E-state index in [0.29, 0.717) is 23.1 Å². The lowest BCUT2D eigenvalue weighted by molar-refractivity contribution is 0.0528. The Balaban J connectivity index is 1.27. The van der Waals surface area contributed by atoms with Gasteiger partial charge >= 0.3 is 0 Å². The third-order valence-corrected chi connectivity index (χ3v) is 6.04. The van der Waals surface area contributed by atoms with Crippen molar-refractivity contribution in [3.63, 3.8) is 0 Å². The summed E-state index contributed by atoms with van der Waals surface area (Å²) < 4.78 is 1.77. The summed E-state index contributed by atoms with van der Waals surface area (Å²) in [6.45, 7) is 1.78. The maximum atomic E-state index is 13.0. The number of aromatic amines is 1. The maximum Gasteiger partial charge on any atom is 0.272 e. The van der Waals surface area contributed by atoms with Crippen LogP contribution in [0.4, 0.5) is 0 Å². The molecule has 1 saturated carbocycles. The van der Waals surface area contributed by atoms with Crippen LogP contribution in [-0.2, 0) is 0 Å². The Morgan fingerprint density at radius 3 is 2.83 bits per heavy atom. The molecule has 0 radical (unpaired) electrons. The average Bonchev–Trinajstić information content (AvgIpc) is 3.39. The quantitative estimate of drug-likeness (QED) is 0.700. The van der Waals surface area contributed by atoms with Crippen molar-refractivity contribution in [1.82, 2.24) is 34.9 Å². The van der Waals surface area contributed by atoms with Gasteiger partial charge in [0.1, 0.15) is 12.1 Å². The van der Waals surface area contributed by atoms with Crippen LogP contribution < -0.4 is 5.32 Å². The Morgan fingerprint density at radius 2 is 2.10 bits per heavy atom. The van der Waals surface area contributed by atoms with Crippen molar-refractivity contribution < 1.29 is 4.79 Å². The van der Waals surface area contributed by atoms with Gasteiger partial charge in [0.25, 0.3) is 5.91 Å². The number of likely N-dealkylation sites (tertiary alicyclic amines) is 1. The van der Waals surface area contributed by atoms with Crippen LogP contribution in [-0.4, -0.2) is 60.7 Å². The number of amides is 1. The molecule has 0 bridgehead atoms. The smallest absolute Gasteiger partial charge is 0.272 e. The highest BCUT2D eigenvalue weighted by molar-refractivity contribution is 6.04. The largest absolute Gasteiger partial charge is 0.348 e. The van der Waals surface area contributed by atoms with Gasteiger partial charge in [-0.25, -0.2) is 9.97 Å². The number of hydrogen-bond acceptors (Lipinski definition) is 6. The van der Waals surface area contributed by atoms with E-state index in [1.165, 1.54) is 0 Å². The normalized spacial score (nSPS) is 22.9. The fraction of sp³-hybridized carbons (Fsp3) is 0.450. The van der Waals surface area contributed by atoms with E-state index in [4.69, 9.17) is 5.26 Å². The molecule has 3 aromatic heterocycles. The van der Waals surface area contributed by atoms with Crippen molar-refractivity contribution in [2.75, 3.05) is 13.1 Å². The van der Waals surface area contributed by atoms with E-state index in [0.717, 1.165) is 44.2 Å². The summed E-state index contributed by atoms with van der Waals surface area (Å²) in [7, 11) is 0. The Labute approximate surface area is 167 Å². The lowest BCUT2D eigenvalue weighted by Gasteiger charge is -2.44. The van der Waals surface area contributed by atoms with Gasteiger partial charge in [0.05, 0.1) is 23.7 Å². The summed E-state index contributed by atoms with van der Waals surface area (Å²) >= 11 is 0. The summed E-state index contributed by atoms with van der Waals surface area (Å²) in [5.41, 5.74) is 0.994. The second-order valence-corrected chi connectivity index (χ2v) is 7.89. The number of carbonyl (C=O) groups excluding carboxylic acids is 1. The third-order valence-electron chi connectivity index (χ3n) is 6.04. The molecule has 0 atom stereocenters. The van der Waals surface area contributed by atoms with Crippen molar-refractivity contribution in [2.45, 2.75) is 37.8 Å². The molecule has 148 valence electrons. The lowest BCUT2D eigenvalue weighted by Crippen LogP contribution is -2.53. The molecule has 0 spiro atoms. The summed E-state index contributed by atoms with van der Waals surface area (Å²) in [5.74, 6) is 0.645. The van der Waals surface area contributed by atoms with Crippen molar-refractivity contribution in [3.8, 4) is 11.9 Å². The van der Waals surface area contributed by atoms with Crippen LogP contribution >= 0.6 is 0 Å². The minimum absolute atomic E-state index is 0.142. The second-order valence-electron chi connectivity index (χ2n) is 7.89. The van der Waals surface area contributed by atoms with E-state index in [-0.39, 0.29) is 17.9 Å². The van der Waals surface area contributed by atoms with Crippen LogP contribution in [0, 0.1) is 17.2 Å². The van der Waals surface area contributed by atoms with Gasteiger partial charge in [-0.05, 0) is 31.7 Å². The number of carbonyl (C=O) groups is 1. The minimum Gasteiger partial charge on any atom is -0.348 e. The van der Waals surface area contributed by atoms with E-state index in [1.807, 2.05) is 6.07 Å². The van der Waals surface area contributed by atoms with E-state index in [1.54, 1.807) is 29.5 Å². The van der Waals surface area contributed by atoms with Gasteiger partial charge in [-0.1, -0.05) is 0 Å². The molecular weight excluding hydrogens is 368 g/mol. The second kappa shape index (κ2) is 7.29. The number of fused-ring (bicyclic) bond motifs is 1. The number of H-pyrrole nitrogens is 1. The molecule has 4 heterocycles. The van der Waals surface area contributed by atoms with Gasteiger partial charge in [0.15, 0.2) is 5.69 Å². The predicted octanol–water partition coefficient (Wildman–Crippen LogP) is 1.64. The number of nitrogens with one attached hydrogen (secondary N) is 2. The number of pyridine rings is 1. The van der Waals surface area contributed by atoms with Crippen LogP contribution in [0.2, 0.25) is 0 Å². The van der Waals surface area contributed by atoms with Gasteiger partial charge in [-0.3, -0.25) is 19.4 Å². The molecular formula is C20H22N8O. The van der Waals surface area contributed by atoms with Crippen LogP contribution in [0.5, 0.6) is 0 Å². The van der Waals surface area contributed by atoms with Gasteiger partial charge in [-0.15, -0.1) is 0 Å².